The number of hydrogen-bond acceptors (Lipinski definition) is 2. The average Bonchev–Trinajstić information content (AvgIpc) is 2.25. The Balaban J connectivity index is 3.12. The molecule has 0 bridgehead atoms. The fraction of sp³-hybridized carbons (Fsp3) is 0.533. The lowest BCUT2D eigenvalue weighted by molar-refractivity contribution is 0.0916. The minimum absolute atomic E-state index is 0.0955. The highest BCUT2D eigenvalue weighted by molar-refractivity contribution is 5.97. The molecule has 100 valence electrons. The van der Waals surface area contributed by atoms with Crippen LogP contribution < -0.4 is 10.1 Å². The van der Waals surface area contributed by atoms with E-state index in [9.17, 15) is 4.79 Å². The number of benzene rings is 1. The Labute approximate surface area is 110 Å². The van der Waals surface area contributed by atoms with Crippen LogP contribution in [0.4, 0.5) is 0 Å². The van der Waals surface area contributed by atoms with Gasteiger partial charge in [0.25, 0.3) is 5.91 Å². The predicted octanol–water partition coefficient (Wildman–Crippen LogP) is 3.35. The summed E-state index contributed by atoms with van der Waals surface area (Å²) < 4.78 is 5.25. The number of hydrogen-bond donors (Lipinski definition) is 1. The van der Waals surface area contributed by atoms with Gasteiger partial charge in [-0.3, -0.25) is 4.79 Å². The van der Waals surface area contributed by atoms with E-state index >= 15 is 0 Å². The normalized spacial score (nSPS) is 11.5. The van der Waals surface area contributed by atoms with E-state index in [2.05, 4.69) is 19.2 Å². The molecule has 1 rings (SSSR count). The summed E-state index contributed by atoms with van der Waals surface area (Å²) in [7, 11) is 1.58. The second-order valence-corrected chi connectivity index (χ2v) is 5.82. The van der Waals surface area contributed by atoms with Gasteiger partial charge in [0.05, 0.1) is 12.7 Å². The summed E-state index contributed by atoms with van der Waals surface area (Å²) in [6.07, 6.45) is 0. The van der Waals surface area contributed by atoms with Crippen LogP contribution in [-0.4, -0.2) is 18.6 Å². The van der Waals surface area contributed by atoms with Crippen LogP contribution in [0.25, 0.3) is 0 Å². The molecule has 3 heteroatoms. The van der Waals surface area contributed by atoms with Crippen molar-refractivity contribution >= 4 is 5.91 Å². The molecule has 3 nitrogen and oxygen atoms in total. The summed E-state index contributed by atoms with van der Waals surface area (Å²) in [5.41, 5.74) is 1.48. The molecule has 0 heterocycles. The second-order valence-electron chi connectivity index (χ2n) is 5.82. The van der Waals surface area contributed by atoms with Gasteiger partial charge in [-0.25, -0.2) is 0 Å². The SMILES string of the molecule is COc1ccc(C(C)C)cc1C(=O)NC(C)(C)C. The van der Waals surface area contributed by atoms with E-state index in [1.54, 1.807) is 7.11 Å². The Bertz CT molecular complexity index is 431. The van der Waals surface area contributed by atoms with Gasteiger partial charge >= 0.3 is 0 Å². The molecule has 0 aliphatic carbocycles. The first-order valence-electron chi connectivity index (χ1n) is 6.25. The molecule has 0 aromatic heterocycles. The largest absolute Gasteiger partial charge is 0.496 e. The van der Waals surface area contributed by atoms with E-state index in [4.69, 9.17) is 4.74 Å². The molecule has 0 radical (unpaired) electrons. The van der Waals surface area contributed by atoms with E-state index in [0.29, 0.717) is 17.2 Å². The lowest BCUT2D eigenvalue weighted by atomic mass is 9.99. The fourth-order valence-corrected chi connectivity index (χ4v) is 1.67. The third-order valence-electron chi connectivity index (χ3n) is 2.62. The molecule has 1 N–H and O–H groups in total. The molecule has 1 amide bonds. The van der Waals surface area contributed by atoms with Crippen LogP contribution in [0.1, 0.15) is 56.5 Å². The first-order valence-corrected chi connectivity index (χ1v) is 6.25. The Morgan fingerprint density at radius 2 is 1.89 bits per heavy atom. The standard InChI is InChI=1S/C15H23NO2/c1-10(2)11-7-8-13(18-6)12(9-11)14(17)16-15(3,4)5/h7-10H,1-6H3,(H,16,17). The Hall–Kier alpha value is -1.51. The van der Waals surface area contributed by atoms with Crippen molar-refractivity contribution in [1.29, 1.82) is 0 Å². The van der Waals surface area contributed by atoms with Gasteiger partial charge < -0.3 is 10.1 Å². The van der Waals surface area contributed by atoms with Crippen LogP contribution in [0, 0.1) is 0 Å². The first-order chi connectivity index (χ1) is 8.24. The van der Waals surface area contributed by atoms with Gasteiger partial charge in [0.1, 0.15) is 5.75 Å². The first kappa shape index (κ1) is 14.6. The number of carbonyl (C=O) groups excluding carboxylic acids is 1. The van der Waals surface area contributed by atoms with E-state index in [1.807, 2.05) is 39.0 Å². The summed E-state index contributed by atoms with van der Waals surface area (Å²) in [5, 5.41) is 2.96. The van der Waals surface area contributed by atoms with Crippen molar-refractivity contribution in [3.63, 3.8) is 0 Å². The third-order valence-corrected chi connectivity index (χ3v) is 2.62. The molecule has 0 aliphatic rings. The highest BCUT2D eigenvalue weighted by Gasteiger charge is 2.19. The summed E-state index contributed by atoms with van der Waals surface area (Å²) in [4.78, 5) is 12.2. The smallest absolute Gasteiger partial charge is 0.255 e. The molecule has 0 fully saturated rings. The lowest BCUT2D eigenvalue weighted by Crippen LogP contribution is -2.40. The molecule has 0 unspecified atom stereocenters. The molecule has 18 heavy (non-hydrogen) atoms. The highest BCUT2D eigenvalue weighted by atomic mass is 16.5. The van der Waals surface area contributed by atoms with E-state index < -0.39 is 0 Å². The number of rotatable bonds is 3. The molecule has 0 spiro atoms. The van der Waals surface area contributed by atoms with Crippen LogP contribution in [0.5, 0.6) is 5.75 Å². The molecular weight excluding hydrogens is 226 g/mol. The minimum atomic E-state index is -0.254. The topological polar surface area (TPSA) is 38.3 Å². The zero-order valence-electron chi connectivity index (χ0n) is 12.1. The van der Waals surface area contributed by atoms with Crippen molar-refractivity contribution in [3.05, 3.63) is 29.3 Å². The van der Waals surface area contributed by atoms with Crippen molar-refractivity contribution in [2.45, 2.75) is 46.1 Å². The summed E-state index contributed by atoms with van der Waals surface area (Å²) in [6, 6.07) is 5.76. The number of amides is 1. The highest BCUT2D eigenvalue weighted by Crippen LogP contribution is 2.24. The van der Waals surface area contributed by atoms with Gasteiger partial charge in [0.15, 0.2) is 0 Å². The van der Waals surface area contributed by atoms with Crippen molar-refractivity contribution in [3.8, 4) is 5.75 Å². The molecular formula is C15H23NO2. The van der Waals surface area contributed by atoms with Gasteiger partial charge in [0.2, 0.25) is 0 Å². The lowest BCUT2D eigenvalue weighted by Gasteiger charge is -2.21. The Morgan fingerprint density at radius 1 is 1.28 bits per heavy atom. The summed E-state index contributed by atoms with van der Waals surface area (Å²) in [5.74, 6) is 0.903. The van der Waals surface area contributed by atoms with Crippen molar-refractivity contribution in [1.82, 2.24) is 5.32 Å². The number of ether oxygens (including phenoxy) is 1. The second kappa shape index (κ2) is 5.42. The zero-order chi connectivity index (χ0) is 13.9. The minimum Gasteiger partial charge on any atom is -0.496 e. The molecule has 0 atom stereocenters. The van der Waals surface area contributed by atoms with Gasteiger partial charge in [-0.2, -0.15) is 0 Å². The third kappa shape index (κ3) is 3.76. The fourth-order valence-electron chi connectivity index (χ4n) is 1.67. The predicted molar refractivity (Wildman–Crippen MR) is 74.3 cm³/mol. The molecule has 0 saturated carbocycles. The maximum Gasteiger partial charge on any atom is 0.255 e. The van der Waals surface area contributed by atoms with E-state index in [0.717, 1.165) is 5.56 Å². The number of nitrogens with one attached hydrogen (secondary N) is 1. The monoisotopic (exact) mass is 249 g/mol. The van der Waals surface area contributed by atoms with Crippen LogP contribution in [0.15, 0.2) is 18.2 Å². The molecule has 1 aromatic carbocycles. The van der Waals surface area contributed by atoms with E-state index in [1.165, 1.54) is 0 Å². The maximum absolute atomic E-state index is 12.2. The van der Waals surface area contributed by atoms with Crippen LogP contribution in [0.2, 0.25) is 0 Å². The summed E-state index contributed by atoms with van der Waals surface area (Å²) in [6.45, 7) is 10.1. The number of methoxy groups -OCH3 is 1. The van der Waals surface area contributed by atoms with Crippen molar-refractivity contribution < 1.29 is 9.53 Å². The molecule has 0 saturated heterocycles. The van der Waals surface area contributed by atoms with Crippen LogP contribution in [0.3, 0.4) is 0 Å². The van der Waals surface area contributed by atoms with Gasteiger partial charge in [-0.15, -0.1) is 0 Å². The van der Waals surface area contributed by atoms with Crippen molar-refractivity contribution in [2.24, 2.45) is 0 Å². The Morgan fingerprint density at radius 3 is 2.33 bits per heavy atom. The Kier molecular flexibility index (Phi) is 4.38. The maximum atomic E-state index is 12.2. The molecule has 1 aromatic rings. The van der Waals surface area contributed by atoms with Crippen LogP contribution in [-0.2, 0) is 0 Å². The zero-order valence-corrected chi connectivity index (χ0v) is 12.1. The molecule has 0 aliphatic heterocycles. The van der Waals surface area contributed by atoms with Crippen molar-refractivity contribution in [2.75, 3.05) is 7.11 Å². The quantitative estimate of drug-likeness (QED) is 0.892. The van der Waals surface area contributed by atoms with E-state index in [-0.39, 0.29) is 11.4 Å². The van der Waals surface area contributed by atoms with Crippen LogP contribution >= 0.6 is 0 Å². The van der Waals surface area contributed by atoms with Gasteiger partial charge in [-0.1, -0.05) is 19.9 Å². The van der Waals surface area contributed by atoms with Gasteiger partial charge in [0, 0.05) is 5.54 Å². The number of carbonyl (C=O) groups is 1. The van der Waals surface area contributed by atoms with Gasteiger partial charge in [-0.05, 0) is 44.4 Å². The average molecular weight is 249 g/mol. The summed E-state index contributed by atoms with van der Waals surface area (Å²) >= 11 is 0.